The van der Waals surface area contributed by atoms with Crippen molar-refractivity contribution < 1.29 is 19.4 Å². The number of carboxylic acid groups (broad SMARTS) is 1. The zero-order valence-electron chi connectivity index (χ0n) is 11.0. The minimum Gasteiger partial charge on any atom is -0.481 e. The first kappa shape index (κ1) is 13.3. The van der Waals surface area contributed by atoms with Crippen molar-refractivity contribution >= 4 is 11.9 Å². The van der Waals surface area contributed by atoms with E-state index in [1.54, 1.807) is 11.8 Å². The van der Waals surface area contributed by atoms with Crippen LogP contribution in [0.15, 0.2) is 0 Å². The van der Waals surface area contributed by atoms with Crippen molar-refractivity contribution in [3.05, 3.63) is 0 Å². The number of carbonyl (C=O) groups excluding carboxylic acids is 1. The van der Waals surface area contributed by atoms with Crippen molar-refractivity contribution in [2.24, 2.45) is 11.3 Å². The van der Waals surface area contributed by atoms with Crippen LogP contribution in [0.3, 0.4) is 0 Å². The van der Waals surface area contributed by atoms with E-state index in [0.29, 0.717) is 26.1 Å². The highest BCUT2D eigenvalue weighted by Gasteiger charge is 2.43. The van der Waals surface area contributed by atoms with Gasteiger partial charge in [0, 0.05) is 25.6 Å². The highest BCUT2D eigenvalue weighted by Crippen LogP contribution is 2.32. The van der Waals surface area contributed by atoms with E-state index in [-0.39, 0.29) is 17.9 Å². The van der Waals surface area contributed by atoms with E-state index in [0.717, 1.165) is 12.8 Å². The topological polar surface area (TPSA) is 66.8 Å². The fourth-order valence-corrected chi connectivity index (χ4v) is 2.80. The Hall–Kier alpha value is -1.10. The molecule has 2 fully saturated rings. The molecule has 0 bridgehead atoms. The van der Waals surface area contributed by atoms with Crippen LogP contribution in [-0.2, 0) is 14.3 Å². The minimum atomic E-state index is -0.807. The van der Waals surface area contributed by atoms with Crippen molar-refractivity contribution in [3.63, 3.8) is 0 Å². The number of aliphatic carboxylic acids is 1. The molecule has 2 aliphatic heterocycles. The summed E-state index contributed by atoms with van der Waals surface area (Å²) in [7, 11) is 0. The molecule has 0 aromatic carbocycles. The molecule has 0 aromatic rings. The first-order valence-corrected chi connectivity index (χ1v) is 6.56. The fourth-order valence-electron chi connectivity index (χ4n) is 2.80. The summed E-state index contributed by atoms with van der Waals surface area (Å²) in [6.07, 6.45) is 2.18. The smallest absolute Gasteiger partial charge is 0.311 e. The van der Waals surface area contributed by atoms with E-state index >= 15 is 0 Å². The van der Waals surface area contributed by atoms with Crippen LogP contribution in [0.2, 0.25) is 0 Å². The van der Waals surface area contributed by atoms with Crippen LogP contribution in [0.1, 0.15) is 33.1 Å². The lowest BCUT2D eigenvalue weighted by molar-refractivity contribution is -0.148. The van der Waals surface area contributed by atoms with Crippen LogP contribution in [0, 0.1) is 11.3 Å². The van der Waals surface area contributed by atoms with Gasteiger partial charge in [-0.15, -0.1) is 0 Å². The van der Waals surface area contributed by atoms with Crippen LogP contribution >= 0.6 is 0 Å². The second-order valence-electron chi connectivity index (χ2n) is 5.78. The van der Waals surface area contributed by atoms with Gasteiger partial charge in [-0.25, -0.2) is 0 Å². The minimum absolute atomic E-state index is 0.00453. The SMILES string of the molecule is CC1CC(C(=O)N2CCC(C)(C(=O)O)C2)CCO1. The Balaban J connectivity index is 1.97. The second kappa shape index (κ2) is 4.88. The molecular weight excluding hydrogens is 234 g/mol. The van der Waals surface area contributed by atoms with Crippen LogP contribution in [0.4, 0.5) is 0 Å². The molecule has 18 heavy (non-hydrogen) atoms. The summed E-state index contributed by atoms with van der Waals surface area (Å²) in [5.74, 6) is -0.696. The van der Waals surface area contributed by atoms with E-state index in [4.69, 9.17) is 9.84 Å². The lowest BCUT2D eigenvalue weighted by Crippen LogP contribution is -2.40. The van der Waals surface area contributed by atoms with Gasteiger partial charge in [-0.1, -0.05) is 0 Å². The Morgan fingerprint density at radius 2 is 2.17 bits per heavy atom. The molecule has 2 saturated heterocycles. The molecule has 2 heterocycles. The van der Waals surface area contributed by atoms with Crippen molar-refractivity contribution in [1.29, 1.82) is 0 Å². The van der Waals surface area contributed by atoms with Crippen LogP contribution in [0.5, 0.6) is 0 Å². The molecule has 0 aromatic heterocycles. The van der Waals surface area contributed by atoms with Crippen LogP contribution in [-0.4, -0.2) is 47.7 Å². The van der Waals surface area contributed by atoms with Gasteiger partial charge in [0.05, 0.1) is 11.5 Å². The fraction of sp³-hybridized carbons (Fsp3) is 0.846. The van der Waals surface area contributed by atoms with Gasteiger partial charge in [0.1, 0.15) is 0 Å². The molecule has 102 valence electrons. The highest BCUT2D eigenvalue weighted by molar-refractivity contribution is 5.82. The predicted molar refractivity (Wildman–Crippen MR) is 65.1 cm³/mol. The van der Waals surface area contributed by atoms with Crippen molar-refractivity contribution in [1.82, 2.24) is 4.90 Å². The molecule has 2 aliphatic rings. The molecule has 0 aliphatic carbocycles. The molecule has 5 heteroatoms. The Kier molecular flexibility index (Phi) is 3.61. The number of ether oxygens (including phenoxy) is 1. The molecule has 3 unspecified atom stereocenters. The largest absolute Gasteiger partial charge is 0.481 e. The standard InChI is InChI=1S/C13H21NO4/c1-9-7-10(3-6-18-9)11(15)14-5-4-13(2,8-14)12(16)17/h9-10H,3-8H2,1-2H3,(H,16,17). The van der Waals surface area contributed by atoms with E-state index in [1.807, 2.05) is 6.92 Å². The average molecular weight is 255 g/mol. The third kappa shape index (κ3) is 2.51. The van der Waals surface area contributed by atoms with Crippen molar-refractivity contribution in [2.75, 3.05) is 19.7 Å². The average Bonchev–Trinajstić information content (AvgIpc) is 2.72. The number of likely N-dealkylation sites (tertiary alicyclic amines) is 1. The van der Waals surface area contributed by atoms with Gasteiger partial charge in [-0.3, -0.25) is 9.59 Å². The maximum absolute atomic E-state index is 12.3. The number of rotatable bonds is 2. The van der Waals surface area contributed by atoms with Gasteiger partial charge in [0.25, 0.3) is 0 Å². The molecule has 0 saturated carbocycles. The number of hydrogen-bond acceptors (Lipinski definition) is 3. The zero-order chi connectivity index (χ0) is 13.3. The van der Waals surface area contributed by atoms with Gasteiger partial charge >= 0.3 is 5.97 Å². The van der Waals surface area contributed by atoms with E-state index in [9.17, 15) is 9.59 Å². The molecule has 0 spiro atoms. The molecule has 0 radical (unpaired) electrons. The lowest BCUT2D eigenvalue weighted by Gasteiger charge is -2.30. The summed E-state index contributed by atoms with van der Waals surface area (Å²) >= 11 is 0. The summed E-state index contributed by atoms with van der Waals surface area (Å²) < 4.78 is 5.44. The lowest BCUT2D eigenvalue weighted by atomic mass is 9.90. The predicted octanol–water partition coefficient (Wildman–Crippen LogP) is 1.12. The van der Waals surface area contributed by atoms with E-state index < -0.39 is 11.4 Å². The van der Waals surface area contributed by atoms with Crippen molar-refractivity contribution in [2.45, 2.75) is 39.2 Å². The molecule has 2 rings (SSSR count). The zero-order valence-corrected chi connectivity index (χ0v) is 11.0. The summed E-state index contributed by atoms with van der Waals surface area (Å²) in [5, 5.41) is 9.17. The summed E-state index contributed by atoms with van der Waals surface area (Å²) in [4.78, 5) is 25.2. The summed E-state index contributed by atoms with van der Waals surface area (Å²) in [6.45, 7) is 5.22. The summed E-state index contributed by atoms with van der Waals surface area (Å²) in [6, 6.07) is 0. The molecule has 1 amide bonds. The number of hydrogen-bond donors (Lipinski definition) is 1. The van der Waals surface area contributed by atoms with E-state index in [1.165, 1.54) is 0 Å². The normalized spacial score (nSPS) is 36.7. The Morgan fingerprint density at radius 3 is 2.72 bits per heavy atom. The van der Waals surface area contributed by atoms with Gasteiger partial charge in [-0.05, 0) is 33.1 Å². The molecule has 5 nitrogen and oxygen atoms in total. The maximum Gasteiger partial charge on any atom is 0.311 e. The van der Waals surface area contributed by atoms with Crippen LogP contribution in [0.25, 0.3) is 0 Å². The third-order valence-corrected chi connectivity index (χ3v) is 4.14. The Labute approximate surface area is 107 Å². The third-order valence-electron chi connectivity index (χ3n) is 4.14. The Bertz CT molecular complexity index is 357. The highest BCUT2D eigenvalue weighted by atomic mass is 16.5. The maximum atomic E-state index is 12.3. The van der Waals surface area contributed by atoms with Gasteiger partial charge < -0.3 is 14.7 Å². The second-order valence-corrected chi connectivity index (χ2v) is 5.78. The molecule has 3 atom stereocenters. The molecule has 1 N–H and O–H groups in total. The van der Waals surface area contributed by atoms with Crippen molar-refractivity contribution in [3.8, 4) is 0 Å². The first-order chi connectivity index (χ1) is 8.42. The number of amides is 1. The molecular formula is C13H21NO4. The van der Waals surface area contributed by atoms with Gasteiger partial charge in [-0.2, -0.15) is 0 Å². The number of carboxylic acids is 1. The Morgan fingerprint density at radius 1 is 1.44 bits per heavy atom. The quantitative estimate of drug-likeness (QED) is 0.803. The van der Waals surface area contributed by atoms with E-state index in [2.05, 4.69) is 0 Å². The summed E-state index contributed by atoms with van der Waals surface area (Å²) in [5.41, 5.74) is -0.771. The monoisotopic (exact) mass is 255 g/mol. The van der Waals surface area contributed by atoms with Crippen LogP contribution < -0.4 is 0 Å². The van der Waals surface area contributed by atoms with Gasteiger partial charge in [0.2, 0.25) is 5.91 Å². The van der Waals surface area contributed by atoms with Gasteiger partial charge in [0.15, 0.2) is 0 Å². The number of carbonyl (C=O) groups is 2. The number of nitrogens with zero attached hydrogens (tertiary/aromatic N) is 1. The first-order valence-electron chi connectivity index (χ1n) is 6.56.